The van der Waals surface area contributed by atoms with Crippen molar-refractivity contribution in [1.29, 1.82) is 0 Å². The summed E-state index contributed by atoms with van der Waals surface area (Å²) in [4.78, 5) is 29.7. The van der Waals surface area contributed by atoms with E-state index >= 15 is 0 Å². The molecule has 1 aromatic carbocycles. The van der Waals surface area contributed by atoms with E-state index in [0.29, 0.717) is 18.5 Å². The Morgan fingerprint density at radius 1 is 1.33 bits per heavy atom. The molecule has 0 aliphatic carbocycles. The molecule has 1 amide bonds. The van der Waals surface area contributed by atoms with Gasteiger partial charge in [-0.1, -0.05) is 44.5 Å². The summed E-state index contributed by atoms with van der Waals surface area (Å²) in [7, 11) is 0. The molecule has 0 spiro atoms. The zero-order valence-corrected chi connectivity index (χ0v) is 12.7. The van der Waals surface area contributed by atoms with Crippen LogP contribution in [0.3, 0.4) is 0 Å². The lowest BCUT2D eigenvalue weighted by molar-refractivity contribution is -0.171. The summed E-state index contributed by atoms with van der Waals surface area (Å²) in [5.74, 6) is -0.943. The molecule has 0 aliphatic heterocycles. The van der Waals surface area contributed by atoms with Crippen LogP contribution in [0.15, 0.2) is 43.0 Å². The highest BCUT2D eigenvalue weighted by Crippen LogP contribution is 2.12. The average molecular weight is 289 g/mol. The van der Waals surface area contributed by atoms with Crippen LogP contribution in [0, 0.1) is 5.92 Å². The number of rotatable bonds is 7. The third-order valence-electron chi connectivity index (χ3n) is 3.10. The van der Waals surface area contributed by atoms with E-state index in [4.69, 9.17) is 4.84 Å². The van der Waals surface area contributed by atoms with Crippen LogP contribution >= 0.6 is 0 Å². The van der Waals surface area contributed by atoms with E-state index in [-0.39, 0.29) is 11.8 Å². The largest absolute Gasteiger partial charge is 0.363 e. The van der Waals surface area contributed by atoms with Crippen LogP contribution < -0.4 is 0 Å². The van der Waals surface area contributed by atoms with Crippen molar-refractivity contribution < 1.29 is 14.4 Å². The van der Waals surface area contributed by atoms with Gasteiger partial charge in [0.25, 0.3) is 5.91 Å². The molecule has 1 unspecified atom stereocenters. The summed E-state index contributed by atoms with van der Waals surface area (Å²) in [6.45, 7) is 7.87. The number of allylic oxidation sites excluding steroid dienone is 1. The number of amides is 1. The van der Waals surface area contributed by atoms with Gasteiger partial charge in [0.2, 0.25) is 0 Å². The summed E-state index contributed by atoms with van der Waals surface area (Å²) in [5, 5.41) is 1.19. The molecule has 1 rings (SSSR count). The molecule has 0 bridgehead atoms. The van der Waals surface area contributed by atoms with Crippen molar-refractivity contribution in [2.24, 2.45) is 5.92 Å². The Labute approximate surface area is 126 Å². The fraction of sp³-hybridized carbons (Fsp3) is 0.412. The van der Waals surface area contributed by atoms with Gasteiger partial charge in [0, 0.05) is 5.92 Å². The van der Waals surface area contributed by atoms with E-state index in [1.54, 1.807) is 37.3 Å². The minimum absolute atomic E-state index is 0.187. The van der Waals surface area contributed by atoms with Crippen LogP contribution in [-0.4, -0.2) is 23.5 Å². The summed E-state index contributed by atoms with van der Waals surface area (Å²) < 4.78 is 0. The number of hydrogen-bond acceptors (Lipinski definition) is 3. The zero-order chi connectivity index (χ0) is 15.7. The molecule has 0 aromatic heterocycles. The van der Waals surface area contributed by atoms with Crippen molar-refractivity contribution in [2.45, 2.75) is 33.1 Å². The highest BCUT2D eigenvalue weighted by atomic mass is 16.7. The second-order valence-electron chi connectivity index (χ2n) is 4.96. The van der Waals surface area contributed by atoms with Crippen molar-refractivity contribution in [2.75, 3.05) is 6.54 Å². The number of benzene rings is 1. The lowest BCUT2D eigenvalue weighted by Gasteiger charge is -2.23. The maximum absolute atomic E-state index is 12.3. The Morgan fingerprint density at radius 3 is 2.57 bits per heavy atom. The number of unbranched alkanes of at least 4 members (excludes halogenated alkanes) is 1. The van der Waals surface area contributed by atoms with E-state index in [0.717, 1.165) is 12.8 Å². The van der Waals surface area contributed by atoms with E-state index in [1.807, 2.05) is 13.0 Å². The average Bonchev–Trinajstić information content (AvgIpc) is 2.51. The maximum atomic E-state index is 12.3. The Bertz CT molecular complexity index is 470. The van der Waals surface area contributed by atoms with Crippen LogP contribution in [0.25, 0.3) is 0 Å². The normalized spacial score (nSPS) is 11.5. The molecule has 0 fully saturated rings. The van der Waals surface area contributed by atoms with Crippen molar-refractivity contribution in [3.63, 3.8) is 0 Å². The SMILES string of the molecule is C=CCC(C)C(=O)N(CCCC)OC(=O)c1ccccc1. The van der Waals surface area contributed by atoms with Gasteiger partial charge in [-0.25, -0.2) is 4.79 Å². The van der Waals surface area contributed by atoms with Gasteiger partial charge in [-0.05, 0) is 25.0 Å². The molecular formula is C17H23NO3. The number of hydrogen-bond donors (Lipinski definition) is 0. The first-order valence-corrected chi connectivity index (χ1v) is 7.29. The van der Waals surface area contributed by atoms with E-state index in [1.165, 1.54) is 5.06 Å². The first-order chi connectivity index (χ1) is 10.1. The highest BCUT2D eigenvalue weighted by Gasteiger charge is 2.23. The second kappa shape index (κ2) is 8.95. The summed E-state index contributed by atoms with van der Waals surface area (Å²) >= 11 is 0. The van der Waals surface area contributed by atoms with Crippen LogP contribution in [0.4, 0.5) is 0 Å². The van der Waals surface area contributed by atoms with E-state index < -0.39 is 5.97 Å². The molecule has 4 nitrogen and oxygen atoms in total. The highest BCUT2D eigenvalue weighted by molar-refractivity contribution is 5.90. The quantitative estimate of drug-likeness (QED) is 0.569. The zero-order valence-electron chi connectivity index (χ0n) is 12.7. The minimum Gasteiger partial charge on any atom is -0.333 e. The molecule has 1 atom stereocenters. The van der Waals surface area contributed by atoms with Gasteiger partial charge in [0.15, 0.2) is 0 Å². The summed E-state index contributed by atoms with van der Waals surface area (Å²) in [5.41, 5.74) is 0.433. The molecule has 0 N–H and O–H groups in total. The van der Waals surface area contributed by atoms with Gasteiger partial charge in [-0.15, -0.1) is 6.58 Å². The number of hydroxylamine groups is 2. The van der Waals surface area contributed by atoms with Gasteiger partial charge < -0.3 is 4.84 Å². The molecule has 1 aromatic rings. The minimum atomic E-state index is -0.508. The number of carbonyl (C=O) groups is 2. The molecule has 0 saturated carbocycles. The van der Waals surface area contributed by atoms with Crippen molar-refractivity contribution in [3.05, 3.63) is 48.6 Å². The first kappa shape index (κ1) is 17.0. The second-order valence-corrected chi connectivity index (χ2v) is 4.96. The predicted molar refractivity (Wildman–Crippen MR) is 82.5 cm³/mol. The lowest BCUT2D eigenvalue weighted by Crippen LogP contribution is -2.37. The van der Waals surface area contributed by atoms with Crippen molar-refractivity contribution in [1.82, 2.24) is 5.06 Å². The molecule has 4 heteroatoms. The molecule has 0 heterocycles. The monoisotopic (exact) mass is 289 g/mol. The van der Waals surface area contributed by atoms with Crippen LogP contribution in [0.5, 0.6) is 0 Å². The molecule has 0 aliphatic rings. The topological polar surface area (TPSA) is 46.6 Å². The molecule has 114 valence electrons. The maximum Gasteiger partial charge on any atom is 0.363 e. The smallest absolute Gasteiger partial charge is 0.333 e. The third kappa shape index (κ3) is 5.42. The fourth-order valence-electron chi connectivity index (χ4n) is 1.83. The van der Waals surface area contributed by atoms with Crippen molar-refractivity contribution in [3.8, 4) is 0 Å². The van der Waals surface area contributed by atoms with E-state index in [2.05, 4.69) is 6.58 Å². The van der Waals surface area contributed by atoms with Gasteiger partial charge in [0.05, 0.1) is 12.1 Å². The Kier molecular flexibility index (Phi) is 7.23. The molecular weight excluding hydrogens is 266 g/mol. The number of nitrogens with zero attached hydrogens (tertiary/aromatic N) is 1. The van der Waals surface area contributed by atoms with Gasteiger partial charge in [-0.3, -0.25) is 4.79 Å². The van der Waals surface area contributed by atoms with Crippen LogP contribution in [-0.2, 0) is 9.63 Å². The standard InChI is InChI=1S/C17H23NO3/c1-4-6-13-18(16(19)14(3)10-5-2)21-17(20)15-11-8-7-9-12-15/h5,7-9,11-12,14H,2,4,6,10,13H2,1,3H3. The van der Waals surface area contributed by atoms with Crippen LogP contribution in [0.1, 0.15) is 43.5 Å². The Balaban J connectivity index is 2.75. The predicted octanol–water partition coefficient (Wildman–Crippen LogP) is 3.60. The molecule has 21 heavy (non-hydrogen) atoms. The number of carbonyl (C=O) groups excluding carboxylic acids is 2. The third-order valence-corrected chi connectivity index (χ3v) is 3.10. The summed E-state index contributed by atoms with van der Waals surface area (Å²) in [6.07, 6.45) is 3.96. The molecule has 0 saturated heterocycles. The first-order valence-electron chi connectivity index (χ1n) is 7.29. The lowest BCUT2D eigenvalue weighted by atomic mass is 10.1. The van der Waals surface area contributed by atoms with E-state index in [9.17, 15) is 9.59 Å². The van der Waals surface area contributed by atoms with Gasteiger partial charge in [-0.2, -0.15) is 5.06 Å². The Morgan fingerprint density at radius 2 is 2.00 bits per heavy atom. The van der Waals surface area contributed by atoms with Crippen LogP contribution in [0.2, 0.25) is 0 Å². The summed E-state index contributed by atoms with van der Waals surface area (Å²) in [6, 6.07) is 8.67. The van der Waals surface area contributed by atoms with Crippen molar-refractivity contribution >= 4 is 11.9 Å². The van der Waals surface area contributed by atoms with Gasteiger partial charge in [0.1, 0.15) is 0 Å². The fourth-order valence-corrected chi connectivity index (χ4v) is 1.83. The van der Waals surface area contributed by atoms with Gasteiger partial charge >= 0.3 is 5.97 Å². The Hall–Kier alpha value is -2.10. The molecule has 0 radical (unpaired) electrons.